The average Bonchev–Trinajstić information content (AvgIpc) is 2.91. The van der Waals surface area contributed by atoms with Crippen LogP contribution in [0.15, 0.2) is 12.2 Å². The van der Waals surface area contributed by atoms with Gasteiger partial charge in [0, 0.05) is 12.8 Å². The number of hydrogen-bond acceptors (Lipinski definition) is 8. The molecule has 9 nitrogen and oxygen atoms in total. The zero-order valence-corrected chi connectivity index (χ0v) is 28.3. The largest absolute Gasteiger partial charge is 0.756 e. The van der Waals surface area contributed by atoms with Crippen molar-refractivity contribution in [3.05, 3.63) is 12.2 Å². The fourth-order valence-corrected chi connectivity index (χ4v) is 4.83. The minimum absolute atomic E-state index is 0.0301. The summed E-state index contributed by atoms with van der Waals surface area (Å²) >= 11 is 0. The van der Waals surface area contributed by atoms with Crippen LogP contribution in [0.5, 0.6) is 0 Å². The lowest BCUT2D eigenvalue weighted by Crippen LogP contribution is -2.37. The Morgan fingerprint density at radius 2 is 1.24 bits per heavy atom. The maximum atomic E-state index is 12.4. The van der Waals surface area contributed by atoms with Gasteiger partial charge in [0.05, 0.1) is 27.7 Å². The Hall–Kier alpha value is -1.25. The highest BCUT2D eigenvalue weighted by Crippen LogP contribution is 2.38. The molecule has 2 atom stereocenters. The standard InChI is InChI=1S/C32H62NO8P/c1-6-8-10-12-14-15-16-17-19-20-22-24-31(34)38-28-30(29-40-42(36,37)39-27-26-33(3,4)5)41-32(35)25-23-21-18-13-11-9-7-2/h12,14,30H,6-11,13,15-29H2,1-5H3/b14-12+/t30-/m1/s1. The van der Waals surface area contributed by atoms with Gasteiger partial charge in [0.25, 0.3) is 7.82 Å². The molecule has 0 heterocycles. The van der Waals surface area contributed by atoms with Crippen molar-refractivity contribution in [2.45, 2.75) is 136 Å². The summed E-state index contributed by atoms with van der Waals surface area (Å²) in [6.45, 7) is 4.09. The summed E-state index contributed by atoms with van der Waals surface area (Å²) in [5, 5.41) is 0. The van der Waals surface area contributed by atoms with Crippen LogP contribution in [0.25, 0.3) is 0 Å². The summed E-state index contributed by atoms with van der Waals surface area (Å²) in [5.74, 6) is -0.855. The van der Waals surface area contributed by atoms with E-state index < -0.39 is 32.5 Å². The SMILES string of the molecule is CCCC/C=C/CCCCCCCC(=O)OC[C@H](COP(=O)([O-])OCC[N+](C)(C)C)OC(=O)CCCCCCCCC. The molecule has 0 fully saturated rings. The summed E-state index contributed by atoms with van der Waals surface area (Å²) in [4.78, 5) is 36.9. The average molecular weight is 620 g/mol. The summed E-state index contributed by atoms with van der Waals surface area (Å²) in [5.41, 5.74) is 0. The van der Waals surface area contributed by atoms with Gasteiger partial charge in [-0.3, -0.25) is 14.2 Å². The van der Waals surface area contributed by atoms with Crippen LogP contribution in [0, 0.1) is 0 Å². The Balaban J connectivity index is 4.50. The number of ether oxygens (including phenoxy) is 2. The van der Waals surface area contributed by atoms with Gasteiger partial charge in [-0.1, -0.05) is 96.6 Å². The van der Waals surface area contributed by atoms with E-state index in [4.69, 9.17) is 18.5 Å². The summed E-state index contributed by atoms with van der Waals surface area (Å²) < 4.78 is 33.5. The van der Waals surface area contributed by atoms with Gasteiger partial charge in [-0.15, -0.1) is 0 Å². The van der Waals surface area contributed by atoms with Gasteiger partial charge in [-0.2, -0.15) is 0 Å². The number of unbranched alkanes of at least 4 members (excludes halogenated alkanes) is 13. The number of phosphoric ester groups is 1. The summed E-state index contributed by atoms with van der Waals surface area (Å²) in [6, 6.07) is 0. The second-order valence-electron chi connectivity index (χ2n) is 12.2. The van der Waals surface area contributed by atoms with Crippen molar-refractivity contribution in [2.24, 2.45) is 0 Å². The predicted molar refractivity (Wildman–Crippen MR) is 167 cm³/mol. The van der Waals surface area contributed by atoms with Crippen molar-refractivity contribution < 1.29 is 42.1 Å². The van der Waals surface area contributed by atoms with E-state index in [0.717, 1.165) is 64.2 Å². The number of hydrogen-bond donors (Lipinski definition) is 0. The van der Waals surface area contributed by atoms with Gasteiger partial charge in [0.1, 0.15) is 19.8 Å². The first-order valence-corrected chi connectivity index (χ1v) is 17.9. The maximum Gasteiger partial charge on any atom is 0.306 e. The second kappa shape index (κ2) is 26.2. The molecule has 10 heteroatoms. The molecular weight excluding hydrogens is 557 g/mol. The molecule has 42 heavy (non-hydrogen) atoms. The van der Waals surface area contributed by atoms with E-state index in [-0.39, 0.29) is 26.1 Å². The number of phosphoric acid groups is 1. The lowest BCUT2D eigenvalue weighted by molar-refractivity contribution is -0.870. The number of carbonyl (C=O) groups is 2. The Bertz CT molecular complexity index is 753. The van der Waals surface area contributed by atoms with Crippen molar-refractivity contribution in [3.63, 3.8) is 0 Å². The Morgan fingerprint density at radius 1 is 0.714 bits per heavy atom. The molecule has 0 saturated carbocycles. The molecule has 1 unspecified atom stereocenters. The van der Waals surface area contributed by atoms with Crippen molar-refractivity contribution in [1.82, 2.24) is 0 Å². The Labute approximate surface area is 256 Å². The highest BCUT2D eigenvalue weighted by atomic mass is 31.2. The van der Waals surface area contributed by atoms with Crippen LogP contribution in [0.4, 0.5) is 0 Å². The fourth-order valence-electron chi connectivity index (χ4n) is 4.10. The van der Waals surface area contributed by atoms with Gasteiger partial charge in [0.15, 0.2) is 6.10 Å². The number of quaternary nitrogens is 1. The molecule has 248 valence electrons. The first-order valence-electron chi connectivity index (χ1n) is 16.4. The number of nitrogens with zero attached hydrogens (tertiary/aromatic N) is 1. The third kappa shape index (κ3) is 28.9. The molecule has 0 bridgehead atoms. The molecular formula is C32H62NO8P. The quantitative estimate of drug-likeness (QED) is 0.0283. The first-order chi connectivity index (χ1) is 20.0. The smallest absolute Gasteiger partial charge is 0.306 e. The first kappa shape index (κ1) is 40.8. The van der Waals surface area contributed by atoms with E-state index in [0.29, 0.717) is 17.4 Å². The van der Waals surface area contributed by atoms with Crippen LogP contribution in [0.3, 0.4) is 0 Å². The number of carbonyl (C=O) groups excluding carboxylic acids is 2. The maximum absolute atomic E-state index is 12.4. The molecule has 0 saturated heterocycles. The molecule has 0 radical (unpaired) electrons. The third-order valence-corrected chi connectivity index (χ3v) is 7.75. The van der Waals surface area contributed by atoms with E-state index >= 15 is 0 Å². The highest BCUT2D eigenvalue weighted by Gasteiger charge is 2.21. The molecule has 0 aliphatic carbocycles. The van der Waals surface area contributed by atoms with Crippen molar-refractivity contribution in [3.8, 4) is 0 Å². The van der Waals surface area contributed by atoms with E-state index in [1.54, 1.807) is 0 Å². The van der Waals surface area contributed by atoms with Gasteiger partial charge in [-0.05, 0) is 32.1 Å². The zero-order valence-electron chi connectivity index (χ0n) is 27.4. The van der Waals surface area contributed by atoms with Crippen LogP contribution in [0.2, 0.25) is 0 Å². The van der Waals surface area contributed by atoms with E-state index in [9.17, 15) is 19.0 Å². The highest BCUT2D eigenvalue weighted by molar-refractivity contribution is 7.45. The summed E-state index contributed by atoms with van der Waals surface area (Å²) in [6.07, 6.45) is 21.2. The molecule has 0 N–H and O–H groups in total. The van der Waals surface area contributed by atoms with Crippen LogP contribution in [-0.4, -0.2) is 70.0 Å². The molecule has 0 spiro atoms. The number of allylic oxidation sites excluding steroid dienone is 2. The molecule has 0 aromatic heterocycles. The molecule has 0 aromatic carbocycles. The zero-order chi connectivity index (χ0) is 31.5. The van der Waals surface area contributed by atoms with E-state index in [1.807, 2.05) is 21.1 Å². The van der Waals surface area contributed by atoms with Gasteiger partial charge >= 0.3 is 11.9 Å². The normalized spacial score (nSPS) is 14.1. The van der Waals surface area contributed by atoms with Crippen LogP contribution < -0.4 is 4.89 Å². The molecule has 0 rings (SSSR count). The molecule has 0 amide bonds. The van der Waals surface area contributed by atoms with Crippen LogP contribution in [-0.2, 0) is 32.7 Å². The van der Waals surface area contributed by atoms with Crippen LogP contribution >= 0.6 is 7.82 Å². The Morgan fingerprint density at radius 3 is 1.83 bits per heavy atom. The van der Waals surface area contributed by atoms with Gasteiger partial charge in [-0.25, -0.2) is 0 Å². The van der Waals surface area contributed by atoms with Crippen molar-refractivity contribution in [2.75, 3.05) is 47.5 Å². The topological polar surface area (TPSA) is 111 Å². The number of likely N-dealkylation sites (N-methyl/N-ethyl adjacent to an activating group) is 1. The minimum atomic E-state index is -4.60. The fraction of sp³-hybridized carbons (Fsp3) is 0.875. The monoisotopic (exact) mass is 619 g/mol. The third-order valence-electron chi connectivity index (χ3n) is 6.79. The minimum Gasteiger partial charge on any atom is -0.756 e. The lowest BCUT2D eigenvalue weighted by atomic mass is 10.1. The van der Waals surface area contributed by atoms with E-state index in [1.165, 1.54) is 32.1 Å². The molecule has 0 aliphatic heterocycles. The predicted octanol–water partition coefficient (Wildman–Crippen LogP) is 7.27. The Kier molecular flexibility index (Phi) is 25.4. The number of rotatable bonds is 29. The van der Waals surface area contributed by atoms with Crippen molar-refractivity contribution in [1.29, 1.82) is 0 Å². The molecule has 0 aliphatic rings. The van der Waals surface area contributed by atoms with E-state index in [2.05, 4.69) is 26.0 Å². The van der Waals surface area contributed by atoms with Gasteiger partial charge in [0.2, 0.25) is 0 Å². The lowest BCUT2D eigenvalue weighted by Gasteiger charge is -2.28. The van der Waals surface area contributed by atoms with Crippen LogP contribution in [0.1, 0.15) is 129 Å². The van der Waals surface area contributed by atoms with Gasteiger partial charge < -0.3 is 27.9 Å². The van der Waals surface area contributed by atoms with Crippen molar-refractivity contribution >= 4 is 19.8 Å². The summed E-state index contributed by atoms with van der Waals surface area (Å²) in [7, 11) is 1.16. The second-order valence-corrected chi connectivity index (χ2v) is 13.6. The molecule has 0 aromatic rings. The number of esters is 2.